The van der Waals surface area contributed by atoms with E-state index in [9.17, 15) is 9.59 Å². The number of carboxylic acids is 1. The van der Waals surface area contributed by atoms with Crippen LogP contribution in [-0.4, -0.2) is 49.5 Å². The highest BCUT2D eigenvalue weighted by molar-refractivity contribution is 6.32. The van der Waals surface area contributed by atoms with Crippen molar-refractivity contribution in [3.63, 3.8) is 0 Å². The molecule has 1 aliphatic rings. The Balaban J connectivity index is 2.03. The van der Waals surface area contributed by atoms with Gasteiger partial charge in [-0.25, -0.2) is 4.79 Å². The molecule has 1 fully saturated rings. The smallest absolute Gasteiger partial charge is 0.332 e. The average Bonchev–Trinajstić information content (AvgIpc) is 3.00. The van der Waals surface area contributed by atoms with Gasteiger partial charge in [-0.15, -0.1) is 0 Å². The van der Waals surface area contributed by atoms with E-state index in [1.165, 1.54) is 0 Å². The van der Waals surface area contributed by atoms with Crippen molar-refractivity contribution in [1.29, 1.82) is 0 Å². The first-order valence-corrected chi connectivity index (χ1v) is 7.50. The van der Waals surface area contributed by atoms with Gasteiger partial charge in [-0.3, -0.25) is 4.79 Å². The van der Waals surface area contributed by atoms with Gasteiger partial charge in [0.1, 0.15) is 12.7 Å². The van der Waals surface area contributed by atoms with Gasteiger partial charge in [0.2, 0.25) is 0 Å². The van der Waals surface area contributed by atoms with Crippen molar-refractivity contribution in [3.05, 3.63) is 23.2 Å². The van der Waals surface area contributed by atoms with Crippen LogP contribution < -0.4 is 10.1 Å². The molecule has 126 valence electrons. The fraction of sp³-hybridized carbons (Fsp3) is 0.467. The summed E-state index contributed by atoms with van der Waals surface area (Å²) in [5, 5.41) is 11.9. The molecule has 0 unspecified atom stereocenters. The van der Waals surface area contributed by atoms with Crippen molar-refractivity contribution in [2.45, 2.75) is 25.0 Å². The average molecular weight is 344 g/mol. The summed E-state index contributed by atoms with van der Waals surface area (Å²) in [4.78, 5) is 23.1. The van der Waals surface area contributed by atoms with Crippen molar-refractivity contribution in [2.75, 3.05) is 25.6 Å². The van der Waals surface area contributed by atoms with E-state index in [1.54, 1.807) is 25.3 Å². The van der Waals surface area contributed by atoms with Crippen LogP contribution in [0.4, 0.5) is 5.69 Å². The van der Waals surface area contributed by atoms with Gasteiger partial charge in [-0.05, 0) is 25.0 Å². The molecule has 1 aromatic carbocycles. The highest BCUT2D eigenvalue weighted by Crippen LogP contribution is 2.33. The molecule has 7 nitrogen and oxygen atoms in total. The second-order valence-corrected chi connectivity index (χ2v) is 5.38. The van der Waals surface area contributed by atoms with Crippen LogP contribution >= 0.6 is 11.6 Å². The quantitative estimate of drug-likeness (QED) is 0.735. The molecular weight excluding hydrogens is 326 g/mol. The molecular formula is C15H18ClNO6. The molecule has 1 aliphatic heterocycles. The maximum absolute atomic E-state index is 12.2. The van der Waals surface area contributed by atoms with Crippen LogP contribution in [0.1, 0.15) is 12.8 Å². The lowest BCUT2D eigenvalue weighted by Gasteiger charge is -2.16. The Morgan fingerprint density at radius 1 is 1.35 bits per heavy atom. The summed E-state index contributed by atoms with van der Waals surface area (Å²) in [6.07, 6.45) is -1.09. The molecule has 1 saturated heterocycles. The number of benzene rings is 1. The van der Waals surface area contributed by atoms with Crippen molar-refractivity contribution >= 4 is 29.2 Å². The van der Waals surface area contributed by atoms with Gasteiger partial charge in [-0.2, -0.15) is 0 Å². The minimum absolute atomic E-state index is 0.282. The zero-order valence-electron chi connectivity index (χ0n) is 12.6. The molecule has 1 aromatic rings. The molecule has 2 atom stereocenters. The summed E-state index contributed by atoms with van der Waals surface area (Å²) in [5.41, 5.74) is 0.404. The van der Waals surface area contributed by atoms with Gasteiger partial charge < -0.3 is 24.6 Å². The first-order valence-electron chi connectivity index (χ1n) is 7.12. The summed E-state index contributed by atoms with van der Waals surface area (Å²) in [7, 11) is 1.55. The van der Waals surface area contributed by atoms with Crippen LogP contribution in [0.15, 0.2) is 18.2 Å². The van der Waals surface area contributed by atoms with E-state index in [0.29, 0.717) is 35.9 Å². The molecule has 2 N–H and O–H groups in total. The number of hydrogen-bond donors (Lipinski definition) is 2. The van der Waals surface area contributed by atoms with Crippen molar-refractivity contribution in [2.24, 2.45) is 0 Å². The highest BCUT2D eigenvalue weighted by Gasteiger charge is 2.35. The van der Waals surface area contributed by atoms with Gasteiger partial charge in [-0.1, -0.05) is 17.7 Å². The Morgan fingerprint density at radius 2 is 2.09 bits per heavy atom. The first-order chi connectivity index (χ1) is 11.0. The van der Waals surface area contributed by atoms with Crippen LogP contribution in [0.2, 0.25) is 5.02 Å². The molecule has 0 aliphatic carbocycles. The molecule has 2 rings (SSSR count). The van der Waals surface area contributed by atoms with Gasteiger partial charge in [0.15, 0.2) is 11.9 Å². The second kappa shape index (κ2) is 8.14. The molecule has 23 heavy (non-hydrogen) atoms. The van der Waals surface area contributed by atoms with Crippen molar-refractivity contribution in [1.82, 2.24) is 0 Å². The van der Waals surface area contributed by atoms with E-state index < -0.39 is 24.1 Å². The number of anilines is 1. The number of carbonyl (C=O) groups excluding carboxylic acids is 1. The Bertz CT molecular complexity index is 579. The number of aliphatic carboxylic acids is 1. The fourth-order valence-corrected chi connectivity index (χ4v) is 2.44. The van der Waals surface area contributed by atoms with Crippen LogP contribution in [0.3, 0.4) is 0 Å². The third-order valence-electron chi connectivity index (χ3n) is 3.35. The number of nitrogens with one attached hydrogen (secondary N) is 1. The molecule has 8 heteroatoms. The zero-order chi connectivity index (χ0) is 16.8. The molecule has 0 saturated carbocycles. The van der Waals surface area contributed by atoms with Gasteiger partial charge in [0, 0.05) is 7.11 Å². The molecule has 0 aromatic heterocycles. The van der Waals surface area contributed by atoms with E-state index in [-0.39, 0.29) is 6.61 Å². The molecule has 0 bridgehead atoms. The third-order valence-corrected chi connectivity index (χ3v) is 3.64. The molecule has 0 spiro atoms. The monoisotopic (exact) mass is 343 g/mol. The molecule has 1 amide bonds. The van der Waals surface area contributed by atoms with Gasteiger partial charge >= 0.3 is 5.97 Å². The first kappa shape index (κ1) is 17.5. The van der Waals surface area contributed by atoms with Crippen LogP contribution in [-0.2, 0) is 19.1 Å². The lowest BCUT2D eigenvalue weighted by Crippen LogP contribution is -2.30. The fourth-order valence-electron chi connectivity index (χ4n) is 2.21. The van der Waals surface area contributed by atoms with E-state index in [4.69, 9.17) is 30.9 Å². The zero-order valence-corrected chi connectivity index (χ0v) is 13.3. The predicted molar refractivity (Wildman–Crippen MR) is 83.0 cm³/mol. The maximum Gasteiger partial charge on any atom is 0.332 e. The lowest BCUT2D eigenvalue weighted by molar-refractivity contribution is -0.150. The minimum atomic E-state index is -1.06. The number of para-hydroxylation sites is 1. The molecule has 1 heterocycles. The van der Waals surface area contributed by atoms with Crippen molar-refractivity contribution in [3.8, 4) is 5.75 Å². The lowest BCUT2D eigenvalue weighted by atomic mass is 10.2. The number of ether oxygens (including phenoxy) is 3. The standard InChI is InChI=1S/C15H18ClNO6/c1-21-7-8-22-13-9(16)3-2-4-10(13)17-14(18)11-5-6-12(23-11)15(19)20/h2-4,11-12H,5-8H2,1H3,(H,17,18)(H,19,20)/t11-,12+/m0/s1. The van der Waals surface area contributed by atoms with E-state index in [1.807, 2.05) is 0 Å². The second-order valence-electron chi connectivity index (χ2n) is 4.98. The normalized spacial score (nSPS) is 20.3. The largest absolute Gasteiger partial charge is 0.487 e. The minimum Gasteiger partial charge on any atom is -0.487 e. The molecule has 0 radical (unpaired) electrons. The Kier molecular flexibility index (Phi) is 6.20. The van der Waals surface area contributed by atoms with Crippen LogP contribution in [0.25, 0.3) is 0 Å². The Labute approximate surface area is 138 Å². The number of rotatable bonds is 7. The number of methoxy groups -OCH3 is 1. The highest BCUT2D eigenvalue weighted by atomic mass is 35.5. The Morgan fingerprint density at radius 3 is 2.74 bits per heavy atom. The van der Waals surface area contributed by atoms with Crippen LogP contribution in [0, 0.1) is 0 Å². The van der Waals surface area contributed by atoms with E-state index >= 15 is 0 Å². The SMILES string of the molecule is COCCOc1c(Cl)cccc1NC(=O)[C@@H]1CC[C@H](C(=O)O)O1. The number of carboxylic acid groups (broad SMARTS) is 1. The predicted octanol–water partition coefficient (Wildman–Crippen LogP) is 1.94. The summed E-state index contributed by atoms with van der Waals surface area (Å²) < 4.78 is 15.7. The summed E-state index contributed by atoms with van der Waals surface area (Å²) in [6.45, 7) is 0.661. The van der Waals surface area contributed by atoms with Crippen LogP contribution in [0.5, 0.6) is 5.75 Å². The van der Waals surface area contributed by atoms with Gasteiger partial charge in [0.05, 0.1) is 17.3 Å². The topological polar surface area (TPSA) is 94.1 Å². The van der Waals surface area contributed by atoms with Crippen molar-refractivity contribution < 1.29 is 28.9 Å². The maximum atomic E-state index is 12.2. The summed E-state index contributed by atoms with van der Waals surface area (Å²) in [5.74, 6) is -1.15. The van der Waals surface area contributed by atoms with E-state index in [0.717, 1.165) is 0 Å². The summed E-state index contributed by atoms with van der Waals surface area (Å²) >= 11 is 6.09. The Hall–Kier alpha value is -1.83. The number of amides is 1. The number of hydrogen-bond acceptors (Lipinski definition) is 5. The summed E-state index contributed by atoms with van der Waals surface area (Å²) in [6, 6.07) is 4.97. The third kappa shape index (κ3) is 4.57. The number of halogens is 1. The van der Waals surface area contributed by atoms with E-state index in [2.05, 4.69) is 5.32 Å². The number of carbonyl (C=O) groups is 2. The van der Waals surface area contributed by atoms with Gasteiger partial charge in [0.25, 0.3) is 5.91 Å².